The minimum atomic E-state index is -0.479. The molecule has 4 N–H and O–H groups in total. The van der Waals surface area contributed by atoms with Crippen LogP contribution < -0.4 is 16.4 Å². The molecule has 1 aliphatic rings. The summed E-state index contributed by atoms with van der Waals surface area (Å²) in [6.07, 6.45) is 2.08. The predicted molar refractivity (Wildman–Crippen MR) is 112 cm³/mol. The first kappa shape index (κ1) is 21.7. The Morgan fingerprint density at radius 3 is 2.50 bits per heavy atom. The molecule has 2 aromatic rings. The van der Waals surface area contributed by atoms with Gasteiger partial charge in [-0.2, -0.15) is 0 Å². The van der Waals surface area contributed by atoms with Gasteiger partial charge in [-0.3, -0.25) is 14.9 Å². The SMILES string of the molecule is CC(CN)(NC(=O)c1ccc(NCc2ccccc2)c([N+](=O)[O-])c1)C1CC1.Cl. The van der Waals surface area contributed by atoms with Crippen LogP contribution in [-0.2, 0) is 6.54 Å². The Bertz CT molecular complexity index is 843. The minimum Gasteiger partial charge on any atom is -0.375 e. The highest BCUT2D eigenvalue weighted by molar-refractivity contribution is 5.96. The monoisotopic (exact) mass is 404 g/mol. The molecule has 0 radical (unpaired) electrons. The van der Waals surface area contributed by atoms with Crippen LogP contribution in [0.2, 0.25) is 0 Å². The van der Waals surface area contributed by atoms with Gasteiger partial charge in [-0.15, -0.1) is 12.4 Å². The van der Waals surface area contributed by atoms with Gasteiger partial charge in [-0.05, 0) is 43.4 Å². The average Bonchev–Trinajstić information content (AvgIpc) is 3.52. The smallest absolute Gasteiger partial charge is 0.293 e. The number of anilines is 1. The van der Waals surface area contributed by atoms with Gasteiger partial charge >= 0.3 is 0 Å². The van der Waals surface area contributed by atoms with E-state index in [0.717, 1.165) is 18.4 Å². The number of carbonyl (C=O) groups excluding carboxylic acids is 1. The molecule has 150 valence electrons. The Morgan fingerprint density at radius 2 is 1.93 bits per heavy atom. The van der Waals surface area contributed by atoms with E-state index in [9.17, 15) is 14.9 Å². The van der Waals surface area contributed by atoms with Crippen molar-refractivity contribution < 1.29 is 9.72 Å². The molecule has 28 heavy (non-hydrogen) atoms. The third kappa shape index (κ3) is 4.99. The first-order valence-electron chi connectivity index (χ1n) is 9.02. The molecular weight excluding hydrogens is 380 g/mol. The predicted octanol–water partition coefficient (Wildman–Crippen LogP) is 3.49. The summed E-state index contributed by atoms with van der Waals surface area (Å²) in [7, 11) is 0. The van der Waals surface area contributed by atoms with Crippen LogP contribution in [0, 0.1) is 16.0 Å². The topological polar surface area (TPSA) is 110 Å². The number of amides is 1. The molecule has 1 amide bonds. The molecular formula is C20H25ClN4O3. The van der Waals surface area contributed by atoms with Crippen molar-refractivity contribution >= 4 is 29.7 Å². The number of halogens is 1. The lowest BCUT2D eigenvalue weighted by Gasteiger charge is -2.29. The molecule has 1 atom stereocenters. The average molecular weight is 405 g/mol. The van der Waals surface area contributed by atoms with Crippen LogP contribution >= 0.6 is 12.4 Å². The van der Waals surface area contributed by atoms with Crippen LogP contribution in [0.4, 0.5) is 11.4 Å². The van der Waals surface area contributed by atoms with E-state index in [4.69, 9.17) is 5.73 Å². The summed E-state index contributed by atoms with van der Waals surface area (Å²) < 4.78 is 0. The van der Waals surface area contributed by atoms with Crippen LogP contribution in [-0.4, -0.2) is 22.9 Å². The Hall–Kier alpha value is -2.64. The summed E-state index contributed by atoms with van der Waals surface area (Å²) in [4.78, 5) is 23.6. The van der Waals surface area contributed by atoms with E-state index in [-0.39, 0.29) is 29.6 Å². The van der Waals surface area contributed by atoms with Gasteiger partial charge in [-0.1, -0.05) is 30.3 Å². The Morgan fingerprint density at radius 1 is 1.25 bits per heavy atom. The Kier molecular flexibility index (Phi) is 6.99. The molecule has 1 unspecified atom stereocenters. The van der Waals surface area contributed by atoms with Crippen LogP contribution in [0.3, 0.4) is 0 Å². The maximum atomic E-state index is 12.6. The van der Waals surface area contributed by atoms with E-state index in [0.29, 0.717) is 24.7 Å². The zero-order valence-electron chi connectivity index (χ0n) is 15.7. The number of hydrogen-bond acceptors (Lipinski definition) is 5. The highest BCUT2D eigenvalue weighted by Crippen LogP contribution is 2.39. The third-order valence-corrected chi connectivity index (χ3v) is 5.08. The molecule has 1 aliphatic carbocycles. The molecule has 7 nitrogen and oxygen atoms in total. The van der Waals surface area contributed by atoms with Crippen LogP contribution in [0.15, 0.2) is 48.5 Å². The lowest BCUT2D eigenvalue weighted by molar-refractivity contribution is -0.384. The largest absolute Gasteiger partial charge is 0.375 e. The number of rotatable bonds is 8. The van der Waals surface area contributed by atoms with E-state index < -0.39 is 10.5 Å². The van der Waals surface area contributed by atoms with Crippen molar-refractivity contribution in [2.45, 2.75) is 31.8 Å². The fourth-order valence-electron chi connectivity index (χ4n) is 3.14. The minimum absolute atomic E-state index is 0. The van der Waals surface area contributed by atoms with Gasteiger partial charge in [0, 0.05) is 24.7 Å². The zero-order valence-corrected chi connectivity index (χ0v) is 16.5. The number of nitrogens with two attached hydrogens (primary N) is 1. The first-order valence-corrected chi connectivity index (χ1v) is 9.02. The van der Waals surface area contributed by atoms with Crippen LogP contribution in [0.1, 0.15) is 35.7 Å². The molecule has 0 bridgehead atoms. The lowest BCUT2D eigenvalue weighted by Crippen LogP contribution is -2.53. The molecule has 0 heterocycles. The van der Waals surface area contributed by atoms with Crippen molar-refractivity contribution in [2.24, 2.45) is 11.7 Å². The van der Waals surface area contributed by atoms with Crippen molar-refractivity contribution in [2.75, 3.05) is 11.9 Å². The van der Waals surface area contributed by atoms with Crippen molar-refractivity contribution in [1.82, 2.24) is 5.32 Å². The number of nitrogens with one attached hydrogen (secondary N) is 2. The van der Waals surface area contributed by atoms with E-state index >= 15 is 0 Å². The van der Waals surface area contributed by atoms with E-state index in [1.807, 2.05) is 37.3 Å². The molecule has 1 fully saturated rings. The summed E-state index contributed by atoms with van der Waals surface area (Å²) >= 11 is 0. The summed E-state index contributed by atoms with van der Waals surface area (Å²) in [5, 5.41) is 17.5. The van der Waals surface area contributed by atoms with Gasteiger partial charge in [0.25, 0.3) is 11.6 Å². The highest BCUT2D eigenvalue weighted by atomic mass is 35.5. The molecule has 3 rings (SSSR count). The molecule has 0 spiro atoms. The standard InChI is InChI=1S/C20H24N4O3.ClH/c1-20(13-21,16-8-9-16)23-19(25)15-7-10-17(18(11-15)24(26)27)22-12-14-5-3-2-4-6-14;/h2-7,10-11,16,22H,8-9,12-13,21H2,1H3,(H,23,25);1H. The maximum absolute atomic E-state index is 12.6. The van der Waals surface area contributed by atoms with E-state index in [1.165, 1.54) is 6.07 Å². The molecule has 0 aromatic heterocycles. The second-order valence-electron chi connectivity index (χ2n) is 7.18. The van der Waals surface area contributed by atoms with Gasteiger partial charge in [0.15, 0.2) is 0 Å². The molecule has 2 aromatic carbocycles. The van der Waals surface area contributed by atoms with E-state index in [2.05, 4.69) is 10.6 Å². The van der Waals surface area contributed by atoms with Crippen LogP contribution in [0.25, 0.3) is 0 Å². The second-order valence-corrected chi connectivity index (χ2v) is 7.18. The van der Waals surface area contributed by atoms with Crippen molar-refractivity contribution in [3.63, 3.8) is 0 Å². The van der Waals surface area contributed by atoms with Gasteiger partial charge < -0.3 is 16.4 Å². The summed E-state index contributed by atoms with van der Waals surface area (Å²) in [6.45, 7) is 2.72. The number of hydrogen-bond donors (Lipinski definition) is 3. The molecule has 0 saturated heterocycles. The quantitative estimate of drug-likeness (QED) is 0.460. The summed E-state index contributed by atoms with van der Waals surface area (Å²) in [5.41, 5.74) is 6.88. The number of nitro groups is 1. The Labute approximate surface area is 170 Å². The van der Waals surface area contributed by atoms with Gasteiger partial charge in [0.2, 0.25) is 0 Å². The molecule has 0 aliphatic heterocycles. The number of carbonyl (C=O) groups is 1. The lowest BCUT2D eigenvalue weighted by atomic mass is 9.95. The Balaban J connectivity index is 0.00000280. The highest BCUT2D eigenvalue weighted by Gasteiger charge is 2.41. The third-order valence-electron chi connectivity index (χ3n) is 5.08. The van der Waals surface area contributed by atoms with Crippen molar-refractivity contribution in [3.8, 4) is 0 Å². The van der Waals surface area contributed by atoms with Crippen LogP contribution in [0.5, 0.6) is 0 Å². The van der Waals surface area contributed by atoms with Gasteiger partial charge in [-0.25, -0.2) is 0 Å². The summed E-state index contributed by atoms with van der Waals surface area (Å²) in [5.74, 6) is 0.0285. The fraction of sp³-hybridized carbons (Fsp3) is 0.350. The van der Waals surface area contributed by atoms with Gasteiger partial charge in [0.05, 0.1) is 10.5 Å². The van der Waals surface area contributed by atoms with Crippen molar-refractivity contribution in [1.29, 1.82) is 0 Å². The summed E-state index contributed by atoms with van der Waals surface area (Å²) in [6, 6.07) is 14.1. The maximum Gasteiger partial charge on any atom is 0.293 e. The number of nitrogens with zero attached hydrogens (tertiary/aromatic N) is 1. The fourth-order valence-corrected chi connectivity index (χ4v) is 3.14. The van der Waals surface area contributed by atoms with Crippen molar-refractivity contribution in [3.05, 3.63) is 69.8 Å². The second kappa shape index (κ2) is 9.03. The normalized spacial score (nSPS) is 15.1. The van der Waals surface area contributed by atoms with Gasteiger partial charge in [0.1, 0.15) is 5.69 Å². The molecule has 1 saturated carbocycles. The number of nitro benzene ring substituents is 1. The number of benzene rings is 2. The molecule has 8 heteroatoms. The zero-order chi connectivity index (χ0) is 19.4. The first-order chi connectivity index (χ1) is 12.9. The van der Waals surface area contributed by atoms with E-state index in [1.54, 1.807) is 12.1 Å².